The van der Waals surface area contributed by atoms with E-state index in [-0.39, 0.29) is 5.91 Å². The quantitative estimate of drug-likeness (QED) is 0.636. The van der Waals surface area contributed by atoms with E-state index in [0.717, 1.165) is 22.5 Å². The van der Waals surface area contributed by atoms with Crippen molar-refractivity contribution in [1.82, 2.24) is 15.1 Å². The van der Waals surface area contributed by atoms with Crippen LogP contribution < -0.4 is 14.8 Å². The average Bonchev–Trinajstić information content (AvgIpc) is 3.04. The third kappa shape index (κ3) is 5.16. The van der Waals surface area contributed by atoms with Crippen LogP contribution in [0, 0.1) is 13.8 Å². The fourth-order valence-electron chi connectivity index (χ4n) is 3.23. The molecule has 6 heteroatoms. The summed E-state index contributed by atoms with van der Waals surface area (Å²) in [5.41, 5.74) is 4.96. The fraction of sp³-hybridized carbons (Fsp3) is 0.304. The molecule has 0 aliphatic heterocycles. The first-order chi connectivity index (χ1) is 14.0. The molecule has 0 saturated carbocycles. The maximum atomic E-state index is 12.4. The normalized spacial score (nSPS) is 10.6. The summed E-state index contributed by atoms with van der Waals surface area (Å²) in [5.74, 6) is 1.30. The molecule has 0 saturated heterocycles. The average molecular weight is 393 g/mol. The topological polar surface area (TPSA) is 65.4 Å². The number of aryl methyl sites for hydroxylation is 2. The highest BCUT2D eigenvalue weighted by molar-refractivity contribution is 5.94. The van der Waals surface area contributed by atoms with Gasteiger partial charge in [0.05, 0.1) is 26.5 Å². The highest BCUT2D eigenvalue weighted by Crippen LogP contribution is 2.27. The van der Waals surface area contributed by atoms with Crippen LogP contribution in [0.5, 0.6) is 11.5 Å². The Labute approximate surface area is 171 Å². The SMILES string of the molecule is COc1ccc(CCNC(=O)c2ccc(Cn3nc(C)cc3C)cc2)cc1OC. The predicted molar refractivity (Wildman–Crippen MR) is 113 cm³/mol. The van der Waals surface area contributed by atoms with Crippen molar-refractivity contribution in [2.45, 2.75) is 26.8 Å². The molecule has 3 rings (SSSR count). The molecule has 1 amide bonds. The fourth-order valence-corrected chi connectivity index (χ4v) is 3.23. The minimum atomic E-state index is -0.0804. The van der Waals surface area contributed by atoms with Crippen LogP contribution in [0.1, 0.15) is 32.9 Å². The number of aromatic nitrogens is 2. The molecule has 0 bridgehead atoms. The second-order valence-electron chi connectivity index (χ2n) is 6.98. The number of amides is 1. The lowest BCUT2D eigenvalue weighted by Gasteiger charge is -2.10. The molecule has 0 atom stereocenters. The summed E-state index contributed by atoms with van der Waals surface area (Å²) >= 11 is 0. The van der Waals surface area contributed by atoms with Crippen molar-refractivity contribution in [3.8, 4) is 11.5 Å². The lowest BCUT2D eigenvalue weighted by Crippen LogP contribution is -2.25. The first kappa shape index (κ1) is 20.5. The standard InChI is InChI=1S/C23H27N3O3/c1-16-13-17(2)26(25-16)15-19-5-8-20(9-6-19)23(27)24-12-11-18-7-10-21(28-3)22(14-18)29-4/h5-10,13-14H,11-12,15H2,1-4H3,(H,24,27). The predicted octanol–water partition coefficient (Wildman–Crippen LogP) is 3.54. The van der Waals surface area contributed by atoms with Crippen molar-refractivity contribution in [3.63, 3.8) is 0 Å². The molecule has 3 aromatic rings. The Kier molecular flexibility index (Phi) is 6.54. The Hall–Kier alpha value is -3.28. The second kappa shape index (κ2) is 9.28. The molecule has 29 heavy (non-hydrogen) atoms. The van der Waals surface area contributed by atoms with Gasteiger partial charge in [-0.1, -0.05) is 18.2 Å². The van der Waals surface area contributed by atoms with Crippen LogP contribution in [0.3, 0.4) is 0 Å². The molecule has 1 heterocycles. The lowest BCUT2D eigenvalue weighted by atomic mass is 10.1. The van der Waals surface area contributed by atoms with Gasteiger partial charge in [0.15, 0.2) is 11.5 Å². The number of methoxy groups -OCH3 is 2. The summed E-state index contributed by atoms with van der Waals surface area (Å²) in [7, 11) is 3.22. The van der Waals surface area contributed by atoms with Gasteiger partial charge in [-0.2, -0.15) is 5.10 Å². The smallest absolute Gasteiger partial charge is 0.251 e. The van der Waals surface area contributed by atoms with Crippen molar-refractivity contribution in [2.75, 3.05) is 20.8 Å². The Balaban J connectivity index is 1.54. The van der Waals surface area contributed by atoms with Gasteiger partial charge in [0.2, 0.25) is 0 Å². The molecule has 0 aliphatic carbocycles. The van der Waals surface area contributed by atoms with E-state index in [9.17, 15) is 4.79 Å². The lowest BCUT2D eigenvalue weighted by molar-refractivity contribution is 0.0954. The van der Waals surface area contributed by atoms with E-state index in [4.69, 9.17) is 9.47 Å². The minimum absolute atomic E-state index is 0.0804. The Bertz CT molecular complexity index is 978. The number of nitrogens with zero attached hydrogens (tertiary/aromatic N) is 2. The number of carbonyl (C=O) groups is 1. The molecular formula is C23H27N3O3. The molecule has 6 nitrogen and oxygen atoms in total. The monoisotopic (exact) mass is 393 g/mol. The van der Waals surface area contributed by atoms with Gasteiger partial charge in [-0.25, -0.2) is 0 Å². The number of ether oxygens (including phenoxy) is 2. The Morgan fingerprint density at radius 2 is 1.66 bits per heavy atom. The van der Waals surface area contributed by atoms with Crippen molar-refractivity contribution in [3.05, 3.63) is 76.6 Å². The highest BCUT2D eigenvalue weighted by Gasteiger charge is 2.08. The number of carbonyl (C=O) groups excluding carboxylic acids is 1. The molecular weight excluding hydrogens is 366 g/mol. The number of hydrogen-bond donors (Lipinski definition) is 1. The van der Waals surface area contributed by atoms with Gasteiger partial charge in [0, 0.05) is 17.8 Å². The molecule has 0 spiro atoms. The van der Waals surface area contributed by atoms with Crippen LogP contribution in [0.25, 0.3) is 0 Å². The first-order valence-corrected chi connectivity index (χ1v) is 9.59. The molecule has 0 unspecified atom stereocenters. The zero-order chi connectivity index (χ0) is 20.8. The van der Waals surface area contributed by atoms with Gasteiger partial charge in [-0.05, 0) is 61.7 Å². The Morgan fingerprint density at radius 1 is 0.966 bits per heavy atom. The van der Waals surface area contributed by atoms with E-state index in [1.165, 1.54) is 0 Å². The number of benzene rings is 2. The highest BCUT2D eigenvalue weighted by atomic mass is 16.5. The van der Waals surface area contributed by atoms with Gasteiger partial charge in [-0.3, -0.25) is 9.48 Å². The number of rotatable bonds is 8. The van der Waals surface area contributed by atoms with Gasteiger partial charge in [0.25, 0.3) is 5.91 Å². The largest absolute Gasteiger partial charge is 0.493 e. The molecule has 0 radical (unpaired) electrons. The Morgan fingerprint density at radius 3 is 2.28 bits per heavy atom. The summed E-state index contributed by atoms with van der Waals surface area (Å²) in [6, 6.07) is 15.5. The summed E-state index contributed by atoms with van der Waals surface area (Å²) in [6.07, 6.45) is 0.710. The third-order valence-corrected chi connectivity index (χ3v) is 4.80. The van der Waals surface area contributed by atoms with Crippen LogP contribution in [0.4, 0.5) is 0 Å². The van der Waals surface area contributed by atoms with Crippen LogP contribution in [0.15, 0.2) is 48.5 Å². The van der Waals surface area contributed by atoms with Crippen LogP contribution in [-0.2, 0) is 13.0 Å². The van der Waals surface area contributed by atoms with E-state index in [2.05, 4.69) is 16.5 Å². The molecule has 1 N–H and O–H groups in total. The van der Waals surface area contributed by atoms with Crippen LogP contribution >= 0.6 is 0 Å². The van der Waals surface area contributed by atoms with Crippen LogP contribution in [-0.4, -0.2) is 36.5 Å². The maximum Gasteiger partial charge on any atom is 0.251 e. The molecule has 0 fully saturated rings. The summed E-state index contributed by atoms with van der Waals surface area (Å²) in [5, 5.41) is 7.44. The number of nitrogens with one attached hydrogen (secondary N) is 1. The minimum Gasteiger partial charge on any atom is -0.493 e. The van der Waals surface area contributed by atoms with Crippen molar-refractivity contribution in [2.24, 2.45) is 0 Å². The van der Waals surface area contributed by atoms with Gasteiger partial charge in [-0.15, -0.1) is 0 Å². The third-order valence-electron chi connectivity index (χ3n) is 4.80. The van der Waals surface area contributed by atoms with E-state index in [1.807, 2.05) is 61.0 Å². The van der Waals surface area contributed by atoms with E-state index in [1.54, 1.807) is 14.2 Å². The van der Waals surface area contributed by atoms with Gasteiger partial charge >= 0.3 is 0 Å². The van der Waals surface area contributed by atoms with Crippen molar-refractivity contribution in [1.29, 1.82) is 0 Å². The van der Waals surface area contributed by atoms with Crippen molar-refractivity contribution >= 4 is 5.91 Å². The van der Waals surface area contributed by atoms with Gasteiger partial charge in [0.1, 0.15) is 0 Å². The van der Waals surface area contributed by atoms with E-state index < -0.39 is 0 Å². The second-order valence-corrected chi connectivity index (χ2v) is 6.98. The molecule has 152 valence electrons. The number of hydrogen-bond acceptors (Lipinski definition) is 4. The molecule has 1 aromatic heterocycles. The zero-order valence-electron chi connectivity index (χ0n) is 17.4. The molecule has 0 aliphatic rings. The van der Waals surface area contributed by atoms with Gasteiger partial charge < -0.3 is 14.8 Å². The molecule has 2 aromatic carbocycles. The zero-order valence-corrected chi connectivity index (χ0v) is 17.4. The summed E-state index contributed by atoms with van der Waals surface area (Å²) in [6.45, 7) is 5.27. The maximum absolute atomic E-state index is 12.4. The van der Waals surface area contributed by atoms with E-state index >= 15 is 0 Å². The van der Waals surface area contributed by atoms with E-state index in [0.29, 0.717) is 36.6 Å². The summed E-state index contributed by atoms with van der Waals surface area (Å²) < 4.78 is 12.5. The van der Waals surface area contributed by atoms with Crippen LogP contribution in [0.2, 0.25) is 0 Å². The first-order valence-electron chi connectivity index (χ1n) is 9.59. The summed E-state index contributed by atoms with van der Waals surface area (Å²) in [4.78, 5) is 12.4. The van der Waals surface area contributed by atoms with Crippen molar-refractivity contribution < 1.29 is 14.3 Å².